The van der Waals surface area contributed by atoms with Gasteiger partial charge in [0.2, 0.25) is 5.91 Å². The number of benzene rings is 2. The van der Waals surface area contributed by atoms with Gasteiger partial charge in [0.15, 0.2) is 5.82 Å². The second-order valence-corrected chi connectivity index (χ2v) is 5.87. The Morgan fingerprint density at radius 1 is 1.08 bits per heavy atom. The van der Waals surface area contributed by atoms with Crippen LogP contribution in [-0.2, 0) is 11.2 Å². The van der Waals surface area contributed by atoms with Crippen molar-refractivity contribution in [2.75, 3.05) is 5.32 Å². The Hall–Kier alpha value is -2.95. The van der Waals surface area contributed by atoms with E-state index in [4.69, 9.17) is 4.52 Å². The lowest BCUT2D eigenvalue weighted by molar-refractivity contribution is -0.118. The molecule has 1 amide bonds. The maximum atomic E-state index is 12.0. The van der Waals surface area contributed by atoms with Gasteiger partial charge in [0, 0.05) is 12.3 Å². The molecule has 122 valence electrons. The van der Waals surface area contributed by atoms with Crippen LogP contribution < -0.4 is 5.32 Å². The molecule has 3 aromatic rings. The Labute approximate surface area is 140 Å². The molecule has 5 nitrogen and oxygen atoms in total. The lowest BCUT2D eigenvalue weighted by Crippen LogP contribution is -2.18. The smallest absolute Gasteiger partial charge is 0.260 e. The van der Waals surface area contributed by atoms with Crippen LogP contribution in [-0.4, -0.2) is 16.0 Å². The number of carbonyl (C=O) groups is 1. The van der Waals surface area contributed by atoms with Gasteiger partial charge in [-0.1, -0.05) is 61.5 Å². The lowest BCUT2D eigenvalue weighted by atomic mass is 10.1. The summed E-state index contributed by atoms with van der Waals surface area (Å²) in [5.41, 5.74) is 2.51. The number of carbonyl (C=O) groups excluding carboxylic acids is 1. The van der Waals surface area contributed by atoms with Gasteiger partial charge in [-0.2, -0.15) is 4.98 Å². The monoisotopic (exact) mass is 321 g/mol. The van der Waals surface area contributed by atoms with Gasteiger partial charge in [-0.25, -0.2) is 0 Å². The number of para-hydroxylation sites is 1. The molecule has 0 aliphatic heterocycles. The quantitative estimate of drug-likeness (QED) is 0.773. The van der Waals surface area contributed by atoms with E-state index in [-0.39, 0.29) is 11.8 Å². The van der Waals surface area contributed by atoms with E-state index in [0.29, 0.717) is 23.8 Å². The highest BCUT2D eigenvalue weighted by atomic mass is 16.5. The van der Waals surface area contributed by atoms with Crippen molar-refractivity contribution in [3.05, 3.63) is 66.0 Å². The maximum Gasteiger partial charge on any atom is 0.260 e. The molecule has 0 radical (unpaired) electrons. The van der Waals surface area contributed by atoms with Gasteiger partial charge in [0.1, 0.15) is 0 Å². The molecule has 1 N–H and O–H groups in total. The van der Waals surface area contributed by atoms with Crippen LogP contribution in [0.3, 0.4) is 0 Å². The Kier molecular flexibility index (Phi) is 4.70. The Morgan fingerprint density at radius 3 is 2.54 bits per heavy atom. The van der Waals surface area contributed by atoms with Gasteiger partial charge in [-0.15, -0.1) is 0 Å². The predicted octanol–water partition coefficient (Wildman–Crippen LogP) is 3.92. The largest absolute Gasteiger partial charge is 0.334 e. The molecule has 0 atom stereocenters. The van der Waals surface area contributed by atoms with E-state index in [0.717, 1.165) is 11.1 Å². The zero-order valence-electron chi connectivity index (χ0n) is 13.7. The SMILES string of the molecule is CC(C)C(=O)Nc1ccccc1-c1nc(Cc2ccccc2)no1. The van der Waals surface area contributed by atoms with E-state index in [1.807, 2.05) is 68.4 Å². The minimum absolute atomic E-state index is 0.0496. The van der Waals surface area contributed by atoms with Crippen LogP contribution in [0.25, 0.3) is 11.5 Å². The summed E-state index contributed by atoms with van der Waals surface area (Å²) >= 11 is 0. The highest BCUT2D eigenvalue weighted by Crippen LogP contribution is 2.27. The average molecular weight is 321 g/mol. The number of hydrogen-bond donors (Lipinski definition) is 1. The van der Waals surface area contributed by atoms with Gasteiger partial charge in [-0.3, -0.25) is 4.79 Å². The molecule has 0 unspecified atom stereocenters. The minimum atomic E-state index is -0.102. The highest BCUT2D eigenvalue weighted by molar-refractivity contribution is 5.95. The third-order valence-electron chi connectivity index (χ3n) is 3.61. The summed E-state index contributed by atoms with van der Waals surface area (Å²) in [6.07, 6.45) is 0.602. The van der Waals surface area contributed by atoms with Crippen molar-refractivity contribution in [3.8, 4) is 11.5 Å². The molecule has 5 heteroatoms. The van der Waals surface area contributed by atoms with Crippen LogP contribution in [0.1, 0.15) is 25.2 Å². The lowest BCUT2D eigenvalue weighted by Gasteiger charge is -2.10. The molecule has 1 aromatic heterocycles. The third-order valence-corrected chi connectivity index (χ3v) is 3.61. The van der Waals surface area contributed by atoms with Crippen molar-refractivity contribution in [2.45, 2.75) is 20.3 Å². The molecule has 0 saturated heterocycles. The van der Waals surface area contributed by atoms with Gasteiger partial charge in [-0.05, 0) is 17.7 Å². The standard InChI is InChI=1S/C19H19N3O2/c1-13(2)18(23)20-16-11-7-6-10-15(16)19-21-17(22-24-19)12-14-8-4-3-5-9-14/h3-11,13H,12H2,1-2H3,(H,20,23). The van der Waals surface area contributed by atoms with Crippen molar-refractivity contribution in [2.24, 2.45) is 5.92 Å². The summed E-state index contributed by atoms with van der Waals surface area (Å²) in [5.74, 6) is 0.864. The molecule has 24 heavy (non-hydrogen) atoms. The van der Waals surface area contributed by atoms with E-state index in [1.54, 1.807) is 0 Å². The van der Waals surface area contributed by atoms with Crippen molar-refractivity contribution in [1.82, 2.24) is 10.1 Å². The first-order chi connectivity index (χ1) is 11.6. The summed E-state index contributed by atoms with van der Waals surface area (Å²) in [6.45, 7) is 3.70. The fraction of sp³-hybridized carbons (Fsp3) is 0.211. The molecule has 0 bridgehead atoms. The van der Waals surface area contributed by atoms with Crippen LogP contribution in [0.15, 0.2) is 59.1 Å². The zero-order valence-corrected chi connectivity index (χ0v) is 13.7. The van der Waals surface area contributed by atoms with E-state index in [9.17, 15) is 4.79 Å². The van der Waals surface area contributed by atoms with Crippen molar-refractivity contribution in [3.63, 3.8) is 0 Å². The van der Waals surface area contributed by atoms with Crippen LogP contribution in [0, 0.1) is 5.92 Å². The topological polar surface area (TPSA) is 68.0 Å². The highest BCUT2D eigenvalue weighted by Gasteiger charge is 2.15. The van der Waals surface area contributed by atoms with Gasteiger partial charge in [0.05, 0.1) is 11.3 Å². The number of nitrogens with zero attached hydrogens (tertiary/aromatic N) is 2. The molecule has 0 fully saturated rings. The summed E-state index contributed by atoms with van der Waals surface area (Å²) in [7, 11) is 0. The molecule has 0 saturated carbocycles. The number of anilines is 1. The number of rotatable bonds is 5. The number of hydrogen-bond acceptors (Lipinski definition) is 4. The molecule has 0 aliphatic rings. The fourth-order valence-corrected chi connectivity index (χ4v) is 2.27. The third kappa shape index (κ3) is 3.68. The second kappa shape index (κ2) is 7.08. The van der Waals surface area contributed by atoms with Crippen molar-refractivity contribution >= 4 is 11.6 Å². The van der Waals surface area contributed by atoms with Crippen LogP contribution in [0.4, 0.5) is 5.69 Å². The molecular formula is C19H19N3O2. The fourth-order valence-electron chi connectivity index (χ4n) is 2.27. The first-order valence-electron chi connectivity index (χ1n) is 7.90. The normalized spacial score (nSPS) is 10.8. The zero-order chi connectivity index (χ0) is 16.9. The van der Waals surface area contributed by atoms with Crippen molar-refractivity contribution < 1.29 is 9.32 Å². The summed E-state index contributed by atoms with van der Waals surface area (Å²) in [4.78, 5) is 16.4. The second-order valence-electron chi connectivity index (χ2n) is 5.87. The summed E-state index contributed by atoms with van der Waals surface area (Å²) in [5, 5.41) is 6.95. The molecule has 3 rings (SSSR count). The van der Waals surface area contributed by atoms with Crippen molar-refractivity contribution in [1.29, 1.82) is 0 Å². The molecular weight excluding hydrogens is 302 g/mol. The number of aromatic nitrogens is 2. The Bertz CT molecular complexity index is 825. The van der Waals surface area contributed by atoms with Gasteiger partial charge < -0.3 is 9.84 Å². The van der Waals surface area contributed by atoms with Gasteiger partial charge >= 0.3 is 0 Å². The van der Waals surface area contributed by atoms with Gasteiger partial charge in [0.25, 0.3) is 5.89 Å². The minimum Gasteiger partial charge on any atom is -0.334 e. The Balaban J connectivity index is 1.84. The Morgan fingerprint density at radius 2 is 1.79 bits per heavy atom. The molecule has 0 spiro atoms. The van der Waals surface area contributed by atoms with Crippen LogP contribution in [0.5, 0.6) is 0 Å². The first kappa shape index (κ1) is 15.9. The van der Waals surface area contributed by atoms with Crippen LogP contribution in [0.2, 0.25) is 0 Å². The first-order valence-corrected chi connectivity index (χ1v) is 7.90. The summed E-state index contributed by atoms with van der Waals surface area (Å²) < 4.78 is 5.39. The van der Waals surface area contributed by atoms with E-state index < -0.39 is 0 Å². The molecule has 2 aromatic carbocycles. The number of nitrogens with one attached hydrogen (secondary N) is 1. The number of amides is 1. The van der Waals surface area contributed by atoms with E-state index in [2.05, 4.69) is 15.5 Å². The van der Waals surface area contributed by atoms with E-state index in [1.165, 1.54) is 0 Å². The molecule has 0 aliphatic carbocycles. The maximum absolute atomic E-state index is 12.0. The van der Waals surface area contributed by atoms with Crippen LogP contribution >= 0.6 is 0 Å². The predicted molar refractivity (Wildman–Crippen MR) is 92.4 cm³/mol. The molecule has 1 heterocycles. The summed E-state index contributed by atoms with van der Waals surface area (Å²) in [6, 6.07) is 17.4. The average Bonchev–Trinajstić information content (AvgIpc) is 3.04. The van der Waals surface area contributed by atoms with E-state index >= 15 is 0 Å².